The van der Waals surface area contributed by atoms with E-state index < -0.39 is 0 Å². The lowest BCUT2D eigenvalue weighted by atomic mass is 9.89. The number of benzene rings is 19. The van der Waals surface area contributed by atoms with Gasteiger partial charge in [-0.1, -0.05) is 322 Å². The van der Waals surface area contributed by atoms with Crippen LogP contribution >= 0.6 is 0 Å². The molecule has 0 fully saturated rings. The lowest BCUT2D eigenvalue weighted by Crippen LogP contribution is -1.99. The molecule has 6 aromatic heterocycles. The molecular formula is C121H88N6. The summed E-state index contributed by atoms with van der Waals surface area (Å²) in [5, 5.41) is 15.3. The van der Waals surface area contributed by atoms with E-state index in [4.69, 9.17) is 0 Å². The van der Waals surface area contributed by atoms with Crippen molar-refractivity contribution in [1.29, 1.82) is 0 Å². The number of fused-ring (bicyclic) bond motifs is 18. The summed E-state index contributed by atoms with van der Waals surface area (Å²) in [5.41, 5.74) is 36.1. The first kappa shape index (κ1) is 74.8. The minimum absolute atomic E-state index is 0.813. The molecule has 0 aliphatic heterocycles. The van der Waals surface area contributed by atoms with Crippen LogP contribution in [0.3, 0.4) is 0 Å². The molecule has 0 unspecified atom stereocenters. The van der Waals surface area contributed by atoms with Crippen LogP contribution in [0.25, 0.3) is 198 Å². The maximum atomic E-state index is 2.48. The monoisotopic (exact) mass is 1620 g/mol. The highest BCUT2D eigenvalue weighted by Crippen LogP contribution is 2.47. The van der Waals surface area contributed by atoms with Gasteiger partial charge in [-0.2, -0.15) is 0 Å². The molecule has 6 heterocycles. The molecule has 0 amide bonds. The van der Waals surface area contributed by atoms with E-state index in [1.54, 1.807) is 0 Å². The second kappa shape index (κ2) is 31.4. The van der Waals surface area contributed by atoms with E-state index in [1.165, 1.54) is 225 Å². The smallest absolute Gasteiger partial charge is 0.0494 e. The van der Waals surface area contributed by atoms with Gasteiger partial charge in [0.2, 0.25) is 0 Å². The maximum absolute atomic E-state index is 2.48. The van der Waals surface area contributed by atoms with E-state index in [2.05, 4.69) is 477 Å². The van der Waals surface area contributed by atoms with E-state index >= 15 is 0 Å². The minimum Gasteiger partial charge on any atom is -0.341 e. The van der Waals surface area contributed by atoms with Gasteiger partial charge >= 0.3 is 0 Å². The Kier molecular flexibility index (Phi) is 18.5. The summed E-state index contributed by atoms with van der Waals surface area (Å²) in [6.45, 7) is 7.27. The summed E-state index contributed by atoms with van der Waals surface area (Å²) in [6, 6.07) is 164. The van der Waals surface area contributed by atoms with Gasteiger partial charge in [-0.05, 0) is 223 Å². The van der Waals surface area contributed by atoms with Gasteiger partial charge in [-0.25, -0.2) is 0 Å². The Morgan fingerprint density at radius 3 is 0.551 bits per heavy atom. The standard InChI is InChI=1S/C63H45N3.C58H43N3/c1-4-16-43(17-5-1)40-64-58-25-13-10-22-51(58)55-37-47(29-33-61(55)64)46-28-32-50(48-30-34-62-56(38-48)52-23-11-14-26-59(52)65(62)41-44-18-6-2-7-19-44)54(36-46)49-31-35-63-57(39-49)53-24-12-15-27-60(53)66(63)42-45-20-8-3-9-21-45;1-2-59-53-22-12-9-19-46(53)51-36-44(28-31-56(51)59)49-33-41(42-26-30-57-50(34-42)47-20-10-13-23-54(47)60(57)37-39-15-5-3-6-16-39)25-29-45(49)43-27-32-58-52(35-43)48-21-11-14-24-55(48)61(58)38-40-17-7-4-8-18-40/h1-39H,40-42H2;3-36H,2,37-38H2,1H3. The van der Waals surface area contributed by atoms with Crippen LogP contribution in [0.1, 0.15) is 34.7 Å². The lowest BCUT2D eigenvalue weighted by molar-refractivity contribution is 0.827. The summed E-state index contributed by atoms with van der Waals surface area (Å²) in [5.74, 6) is 0. The van der Waals surface area contributed by atoms with Crippen molar-refractivity contribution in [1.82, 2.24) is 27.4 Å². The number of para-hydroxylation sites is 6. The first-order chi connectivity index (χ1) is 62.9. The molecule has 0 N–H and O–H groups in total. The van der Waals surface area contributed by atoms with Crippen molar-refractivity contribution in [3.8, 4) is 66.8 Å². The second-order valence-corrected chi connectivity index (χ2v) is 34.1. The van der Waals surface area contributed by atoms with Gasteiger partial charge in [0.05, 0.1) is 0 Å². The highest BCUT2D eigenvalue weighted by molar-refractivity contribution is 6.16. The molecule has 0 spiro atoms. The van der Waals surface area contributed by atoms with Crippen LogP contribution in [0.4, 0.5) is 0 Å². The van der Waals surface area contributed by atoms with Gasteiger partial charge < -0.3 is 27.4 Å². The van der Waals surface area contributed by atoms with Crippen LogP contribution in [0, 0.1) is 0 Å². The van der Waals surface area contributed by atoms with Crippen LogP contribution < -0.4 is 0 Å². The van der Waals surface area contributed by atoms with Crippen LogP contribution in [0.2, 0.25) is 0 Å². The number of nitrogens with zero attached hydrogens (tertiary/aromatic N) is 6. The Morgan fingerprint density at radius 1 is 0.134 bits per heavy atom. The number of hydrogen-bond donors (Lipinski definition) is 0. The molecule has 0 atom stereocenters. The highest BCUT2D eigenvalue weighted by atomic mass is 15.0. The van der Waals surface area contributed by atoms with Crippen molar-refractivity contribution in [3.63, 3.8) is 0 Å². The lowest BCUT2D eigenvalue weighted by Gasteiger charge is -2.15. The van der Waals surface area contributed by atoms with E-state index in [1.807, 2.05) is 0 Å². The fraction of sp³-hybridized carbons (Fsp3) is 0.0579. The molecular weight excluding hydrogens is 1540 g/mol. The Balaban J connectivity index is 0.000000142. The normalized spacial score (nSPS) is 11.9. The fourth-order valence-electron chi connectivity index (χ4n) is 20.8. The molecule has 0 aliphatic rings. The zero-order valence-corrected chi connectivity index (χ0v) is 70.6. The van der Waals surface area contributed by atoms with Crippen molar-refractivity contribution >= 4 is 131 Å². The van der Waals surface area contributed by atoms with E-state index in [-0.39, 0.29) is 0 Å². The third kappa shape index (κ3) is 13.2. The molecule has 0 radical (unpaired) electrons. The third-order valence-corrected chi connectivity index (χ3v) is 26.8. The van der Waals surface area contributed by atoms with Crippen LogP contribution in [-0.2, 0) is 39.3 Å². The van der Waals surface area contributed by atoms with Gasteiger partial charge in [0.15, 0.2) is 0 Å². The predicted molar refractivity (Wildman–Crippen MR) is 537 cm³/mol. The average molecular weight is 1630 g/mol. The molecule has 25 rings (SSSR count). The van der Waals surface area contributed by atoms with Gasteiger partial charge in [-0.15, -0.1) is 0 Å². The second-order valence-electron chi connectivity index (χ2n) is 34.1. The predicted octanol–water partition coefficient (Wildman–Crippen LogP) is 31.3. The SMILES string of the molecule is CCn1c2ccccc2c2cc(-c3cc(-c4ccc5c(c4)c4ccccc4n5Cc4ccccc4)ccc3-c3ccc4c(c3)c3ccccc3n4Cc3ccccc3)ccc21.c1ccc(Cn2c3ccccc3c3cc(-c4ccc(-c5ccc6c(c5)c5ccccc5n6Cc5ccccc5)c(-c5ccc6c(c5)c5ccccc5n6Cc5ccccc5)c4)ccc32)cc1. The molecule has 6 heteroatoms. The molecule has 0 saturated heterocycles. The fourth-order valence-corrected chi connectivity index (χ4v) is 20.8. The maximum Gasteiger partial charge on any atom is 0.0494 e. The number of hydrogen-bond acceptors (Lipinski definition) is 0. The molecule has 19 aromatic carbocycles. The van der Waals surface area contributed by atoms with Crippen LogP contribution in [-0.4, -0.2) is 27.4 Å². The molecule has 0 aliphatic carbocycles. The van der Waals surface area contributed by atoms with Crippen LogP contribution in [0.15, 0.2) is 443 Å². The summed E-state index contributed by atoms with van der Waals surface area (Å²) in [4.78, 5) is 0. The molecule has 25 aromatic rings. The number of aryl methyl sites for hydroxylation is 1. The van der Waals surface area contributed by atoms with Gasteiger partial charge in [-0.3, -0.25) is 0 Å². The first-order valence-corrected chi connectivity index (χ1v) is 44.5. The van der Waals surface area contributed by atoms with Gasteiger partial charge in [0, 0.05) is 170 Å². The molecule has 0 bridgehead atoms. The topological polar surface area (TPSA) is 29.6 Å². The minimum atomic E-state index is 0.813. The summed E-state index contributed by atoms with van der Waals surface area (Å²) >= 11 is 0. The third-order valence-electron chi connectivity index (χ3n) is 26.8. The Morgan fingerprint density at radius 2 is 0.307 bits per heavy atom. The Labute approximate surface area is 736 Å². The molecule has 6 nitrogen and oxygen atoms in total. The van der Waals surface area contributed by atoms with Crippen molar-refractivity contribution in [3.05, 3.63) is 471 Å². The van der Waals surface area contributed by atoms with E-state index in [9.17, 15) is 0 Å². The van der Waals surface area contributed by atoms with Gasteiger partial charge in [0.25, 0.3) is 0 Å². The zero-order chi connectivity index (χ0) is 84.0. The first-order valence-electron chi connectivity index (χ1n) is 44.5. The Hall–Kier alpha value is -16.0. The quantitative estimate of drug-likeness (QED) is 0.0870. The average Bonchev–Trinajstić information content (AvgIpc) is 1.63. The Bertz CT molecular complexity index is 8570. The zero-order valence-electron chi connectivity index (χ0n) is 70.6. The number of aromatic nitrogens is 6. The summed E-state index contributed by atoms with van der Waals surface area (Å²) < 4.78 is 14.8. The van der Waals surface area contributed by atoms with Crippen LogP contribution in [0.5, 0.6) is 0 Å². The van der Waals surface area contributed by atoms with Crippen molar-refractivity contribution < 1.29 is 0 Å². The molecule has 127 heavy (non-hydrogen) atoms. The van der Waals surface area contributed by atoms with Crippen molar-refractivity contribution in [2.75, 3.05) is 0 Å². The largest absolute Gasteiger partial charge is 0.341 e. The van der Waals surface area contributed by atoms with E-state index in [0.29, 0.717) is 0 Å². The van der Waals surface area contributed by atoms with Crippen molar-refractivity contribution in [2.24, 2.45) is 0 Å². The van der Waals surface area contributed by atoms with E-state index in [0.717, 1.165) is 39.3 Å². The molecule has 602 valence electrons. The number of rotatable bonds is 17. The summed E-state index contributed by atoms with van der Waals surface area (Å²) in [6.07, 6.45) is 0. The molecule has 0 saturated carbocycles. The van der Waals surface area contributed by atoms with Gasteiger partial charge in [0.1, 0.15) is 0 Å². The highest BCUT2D eigenvalue weighted by Gasteiger charge is 2.24. The summed E-state index contributed by atoms with van der Waals surface area (Å²) in [7, 11) is 0. The van der Waals surface area contributed by atoms with Crippen molar-refractivity contribution in [2.45, 2.75) is 46.2 Å².